The zero-order valence-electron chi connectivity index (χ0n) is 9.79. The fourth-order valence-corrected chi connectivity index (χ4v) is 2.70. The summed E-state index contributed by atoms with van der Waals surface area (Å²) in [5.41, 5.74) is 1.23. The summed E-state index contributed by atoms with van der Waals surface area (Å²) in [7, 11) is 0. The molecule has 0 aliphatic heterocycles. The van der Waals surface area contributed by atoms with Crippen molar-refractivity contribution in [3.63, 3.8) is 0 Å². The second-order valence-corrected chi connectivity index (χ2v) is 5.07. The predicted molar refractivity (Wildman–Crippen MR) is 76.8 cm³/mol. The smallest absolute Gasteiger partial charge is 0.271 e. The Morgan fingerprint density at radius 2 is 1.60 bits per heavy atom. The van der Waals surface area contributed by atoms with Crippen LogP contribution in [-0.4, -0.2) is 14.8 Å². The Morgan fingerprint density at radius 3 is 2.25 bits per heavy atom. The average Bonchev–Trinajstić information content (AvgIpc) is 2.77. The number of halogens is 1. The third-order valence-corrected chi connectivity index (χ3v) is 3.68. The Balaban J connectivity index is 2.43. The van der Waals surface area contributed by atoms with Gasteiger partial charge in [-0.25, -0.2) is 0 Å². The standard InChI is InChI=1S/C12H6BrN3O4/c13-10-5-7(16(19)20)4-9-8-3-6(15(17)18)1-2-11(8)14-12(9)10/h1-5,14H. The number of benzene rings is 2. The fourth-order valence-electron chi connectivity index (χ4n) is 2.15. The van der Waals surface area contributed by atoms with E-state index in [-0.39, 0.29) is 11.4 Å². The number of non-ortho nitro benzene ring substituents is 2. The van der Waals surface area contributed by atoms with Crippen molar-refractivity contribution in [2.24, 2.45) is 0 Å². The van der Waals surface area contributed by atoms with Crippen molar-refractivity contribution in [1.29, 1.82) is 0 Å². The van der Waals surface area contributed by atoms with Gasteiger partial charge in [-0.2, -0.15) is 0 Å². The summed E-state index contributed by atoms with van der Waals surface area (Å²) in [6, 6.07) is 7.19. The maximum Gasteiger partial charge on any atom is 0.271 e. The molecule has 0 fully saturated rings. The first kappa shape index (κ1) is 12.5. The number of nitro benzene ring substituents is 2. The van der Waals surface area contributed by atoms with E-state index in [2.05, 4.69) is 20.9 Å². The maximum atomic E-state index is 10.9. The van der Waals surface area contributed by atoms with E-state index < -0.39 is 9.85 Å². The van der Waals surface area contributed by atoms with Crippen LogP contribution in [0.25, 0.3) is 21.8 Å². The molecule has 0 saturated heterocycles. The van der Waals surface area contributed by atoms with Crippen LogP contribution in [-0.2, 0) is 0 Å². The summed E-state index contributed by atoms with van der Waals surface area (Å²) in [5, 5.41) is 22.9. The van der Waals surface area contributed by atoms with Crippen molar-refractivity contribution in [2.45, 2.75) is 0 Å². The van der Waals surface area contributed by atoms with Crippen LogP contribution < -0.4 is 0 Å². The number of rotatable bonds is 2. The molecule has 0 amide bonds. The molecule has 3 rings (SSSR count). The molecule has 1 N–H and O–H groups in total. The lowest BCUT2D eigenvalue weighted by Gasteiger charge is -1.96. The Bertz CT molecular complexity index is 887. The first-order valence-electron chi connectivity index (χ1n) is 5.51. The van der Waals surface area contributed by atoms with Crippen LogP contribution in [0.4, 0.5) is 11.4 Å². The topological polar surface area (TPSA) is 102 Å². The highest BCUT2D eigenvalue weighted by molar-refractivity contribution is 9.10. The number of aromatic nitrogens is 1. The molecule has 1 heterocycles. The SMILES string of the molecule is O=[N+]([O-])c1ccc2[nH]c3c(Br)cc([N+](=O)[O-])cc3c2c1. The van der Waals surface area contributed by atoms with Crippen molar-refractivity contribution >= 4 is 49.1 Å². The van der Waals surface area contributed by atoms with Gasteiger partial charge in [-0.1, -0.05) is 0 Å². The summed E-state index contributed by atoms with van der Waals surface area (Å²) >= 11 is 3.27. The van der Waals surface area contributed by atoms with Crippen LogP contribution in [0.1, 0.15) is 0 Å². The summed E-state index contributed by atoms with van der Waals surface area (Å²) < 4.78 is 0.542. The second kappa shape index (κ2) is 4.27. The number of aromatic amines is 1. The molecule has 8 heteroatoms. The molecule has 0 atom stereocenters. The van der Waals surface area contributed by atoms with Crippen molar-refractivity contribution < 1.29 is 9.85 Å². The normalized spacial score (nSPS) is 11.1. The quantitative estimate of drug-likeness (QED) is 0.566. The maximum absolute atomic E-state index is 10.9. The zero-order valence-corrected chi connectivity index (χ0v) is 11.4. The fraction of sp³-hybridized carbons (Fsp3) is 0. The highest BCUT2D eigenvalue weighted by atomic mass is 79.9. The van der Waals surface area contributed by atoms with Crippen LogP contribution in [0.3, 0.4) is 0 Å². The molecule has 1 aromatic heterocycles. The minimum Gasteiger partial charge on any atom is -0.354 e. The van der Waals surface area contributed by atoms with Gasteiger partial charge < -0.3 is 4.98 Å². The molecule has 0 radical (unpaired) electrons. The predicted octanol–water partition coefficient (Wildman–Crippen LogP) is 3.90. The molecule has 0 saturated carbocycles. The van der Waals surface area contributed by atoms with E-state index in [4.69, 9.17) is 0 Å². The first-order valence-corrected chi connectivity index (χ1v) is 6.30. The highest BCUT2D eigenvalue weighted by Gasteiger charge is 2.16. The lowest BCUT2D eigenvalue weighted by Crippen LogP contribution is -1.88. The summed E-state index contributed by atoms with van der Waals surface area (Å²) in [4.78, 5) is 23.8. The Morgan fingerprint density at radius 1 is 0.950 bits per heavy atom. The van der Waals surface area contributed by atoms with Gasteiger partial charge in [0.05, 0.1) is 15.4 Å². The second-order valence-electron chi connectivity index (χ2n) is 4.22. The molecule has 3 aromatic rings. The minimum absolute atomic E-state index is 0.0546. The molecule has 100 valence electrons. The van der Waals surface area contributed by atoms with Crippen molar-refractivity contribution in [3.05, 3.63) is 55.0 Å². The van der Waals surface area contributed by atoms with Crippen molar-refractivity contribution in [1.82, 2.24) is 4.98 Å². The number of H-pyrrole nitrogens is 1. The Labute approximate surface area is 119 Å². The van der Waals surface area contributed by atoms with Crippen molar-refractivity contribution in [3.8, 4) is 0 Å². The van der Waals surface area contributed by atoms with Crippen LogP contribution in [0.15, 0.2) is 34.8 Å². The first-order chi connectivity index (χ1) is 9.47. The number of nitrogens with zero attached hydrogens (tertiary/aromatic N) is 2. The minimum atomic E-state index is -0.500. The van der Waals surface area contributed by atoms with Crippen LogP contribution >= 0.6 is 15.9 Å². The van der Waals surface area contributed by atoms with E-state index >= 15 is 0 Å². The number of hydrogen-bond acceptors (Lipinski definition) is 4. The highest BCUT2D eigenvalue weighted by Crippen LogP contribution is 2.35. The van der Waals surface area contributed by atoms with E-state index in [9.17, 15) is 20.2 Å². The summed E-state index contributed by atoms with van der Waals surface area (Å²) in [5.74, 6) is 0. The van der Waals surface area contributed by atoms with E-state index in [0.29, 0.717) is 26.3 Å². The van der Waals surface area contributed by atoms with E-state index in [1.54, 1.807) is 6.07 Å². The molecule has 7 nitrogen and oxygen atoms in total. The Hall–Kier alpha value is -2.48. The van der Waals surface area contributed by atoms with Crippen LogP contribution in [0.5, 0.6) is 0 Å². The lowest BCUT2D eigenvalue weighted by atomic mass is 10.1. The van der Waals surface area contributed by atoms with Gasteiger partial charge >= 0.3 is 0 Å². The summed E-state index contributed by atoms with van der Waals surface area (Å²) in [6.45, 7) is 0. The number of nitro groups is 2. The molecule has 0 aliphatic carbocycles. The molecule has 0 bridgehead atoms. The number of nitrogens with one attached hydrogen (secondary N) is 1. The van der Waals surface area contributed by atoms with Gasteiger partial charge in [0.15, 0.2) is 0 Å². The van der Waals surface area contributed by atoms with Gasteiger partial charge in [-0.3, -0.25) is 20.2 Å². The third kappa shape index (κ3) is 1.81. The average molecular weight is 336 g/mol. The van der Waals surface area contributed by atoms with E-state index in [1.165, 1.54) is 24.3 Å². The summed E-state index contributed by atoms with van der Waals surface area (Å²) in [6.07, 6.45) is 0. The van der Waals surface area contributed by atoms with Gasteiger partial charge in [0, 0.05) is 45.0 Å². The van der Waals surface area contributed by atoms with Gasteiger partial charge in [0.1, 0.15) is 0 Å². The molecule has 2 aromatic carbocycles. The van der Waals surface area contributed by atoms with Crippen molar-refractivity contribution in [2.75, 3.05) is 0 Å². The molecule has 0 aliphatic rings. The zero-order chi connectivity index (χ0) is 14.4. The third-order valence-electron chi connectivity index (χ3n) is 3.05. The van der Waals surface area contributed by atoms with Gasteiger partial charge in [-0.15, -0.1) is 0 Å². The molecule has 20 heavy (non-hydrogen) atoms. The van der Waals surface area contributed by atoms with Crippen LogP contribution in [0, 0.1) is 20.2 Å². The van der Waals surface area contributed by atoms with Gasteiger partial charge in [0.2, 0.25) is 0 Å². The van der Waals surface area contributed by atoms with E-state index in [0.717, 1.165) is 0 Å². The molecule has 0 spiro atoms. The van der Waals surface area contributed by atoms with E-state index in [1.807, 2.05) is 0 Å². The number of fused-ring (bicyclic) bond motifs is 3. The Kier molecular flexibility index (Phi) is 2.68. The van der Waals surface area contributed by atoms with Gasteiger partial charge in [0.25, 0.3) is 11.4 Å². The molecular formula is C12H6BrN3O4. The largest absolute Gasteiger partial charge is 0.354 e. The monoisotopic (exact) mass is 335 g/mol. The number of hydrogen-bond donors (Lipinski definition) is 1. The molecule has 0 unspecified atom stereocenters. The van der Waals surface area contributed by atoms with Crippen LogP contribution in [0.2, 0.25) is 0 Å². The molecular weight excluding hydrogens is 330 g/mol. The van der Waals surface area contributed by atoms with Gasteiger partial charge in [-0.05, 0) is 22.0 Å². The lowest BCUT2D eigenvalue weighted by molar-refractivity contribution is -0.385.